The minimum atomic E-state index is -2.66. The Morgan fingerprint density at radius 2 is 1.92 bits per heavy atom. The van der Waals surface area contributed by atoms with Gasteiger partial charge in [0.05, 0.1) is 24.7 Å². The molecule has 142 valence electrons. The standard InChI is InChI=1S/C18H24F2N4O2/c19-18(20)5-8-22(9-6-18)16(25)10-15-12-23(17(26)13-2-1-3-13)11-14-4-7-21-24(14)15/h4,7,13,15H,1-3,5-6,8-12H2. The fraction of sp³-hybridized carbons (Fsp3) is 0.722. The molecule has 2 fully saturated rings. The maximum atomic E-state index is 13.3. The summed E-state index contributed by atoms with van der Waals surface area (Å²) in [5.41, 5.74) is 0.923. The van der Waals surface area contributed by atoms with Crippen molar-refractivity contribution in [2.75, 3.05) is 19.6 Å². The van der Waals surface area contributed by atoms with Crippen LogP contribution < -0.4 is 0 Å². The van der Waals surface area contributed by atoms with E-state index in [0.717, 1.165) is 25.0 Å². The van der Waals surface area contributed by atoms with Crippen LogP contribution in [0.3, 0.4) is 0 Å². The Morgan fingerprint density at radius 1 is 1.19 bits per heavy atom. The molecule has 0 bridgehead atoms. The van der Waals surface area contributed by atoms with E-state index in [1.165, 1.54) is 4.90 Å². The summed E-state index contributed by atoms with van der Waals surface area (Å²) in [6.45, 7) is 1.17. The third-order valence-electron chi connectivity index (χ3n) is 5.91. The van der Waals surface area contributed by atoms with Gasteiger partial charge in [-0.05, 0) is 18.9 Å². The highest BCUT2D eigenvalue weighted by molar-refractivity contribution is 5.80. The molecule has 4 rings (SSSR count). The molecule has 8 heteroatoms. The second-order valence-corrected chi connectivity index (χ2v) is 7.71. The molecule has 0 aromatic carbocycles. The Hall–Kier alpha value is -1.99. The monoisotopic (exact) mass is 366 g/mol. The second kappa shape index (κ2) is 6.63. The van der Waals surface area contributed by atoms with E-state index in [4.69, 9.17) is 0 Å². The van der Waals surface area contributed by atoms with Crippen molar-refractivity contribution in [3.63, 3.8) is 0 Å². The number of carbonyl (C=O) groups excluding carboxylic acids is 2. The van der Waals surface area contributed by atoms with Crippen LogP contribution in [0.15, 0.2) is 12.3 Å². The smallest absolute Gasteiger partial charge is 0.251 e. The topological polar surface area (TPSA) is 58.4 Å². The second-order valence-electron chi connectivity index (χ2n) is 7.71. The van der Waals surface area contributed by atoms with E-state index in [-0.39, 0.29) is 56.1 Å². The van der Waals surface area contributed by atoms with E-state index in [9.17, 15) is 18.4 Å². The number of rotatable bonds is 3. The van der Waals surface area contributed by atoms with Crippen molar-refractivity contribution in [3.8, 4) is 0 Å². The number of amides is 2. The summed E-state index contributed by atoms with van der Waals surface area (Å²) in [5.74, 6) is -2.52. The van der Waals surface area contributed by atoms with Crippen molar-refractivity contribution in [2.24, 2.45) is 5.92 Å². The number of piperidine rings is 1. The average molecular weight is 366 g/mol. The highest BCUT2D eigenvalue weighted by Crippen LogP contribution is 2.32. The number of fused-ring (bicyclic) bond motifs is 1. The maximum absolute atomic E-state index is 13.3. The average Bonchev–Trinajstić information content (AvgIpc) is 3.01. The molecule has 1 unspecified atom stereocenters. The molecule has 3 aliphatic rings. The largest absolute Gasteiger partial charge is 0.342 e. The highest BCUT2D eigenvalue weighted by Gasteiger charge is 2.38. The Kier molecular flexibility index (Phi) is 4.44. The summed E-state index contributed by atoms with van der Waals surface area (Å²) in [7, 11) is 0. The van der Waals surface area contributed by atoms with Crippen molar-refractivity contribution in [1.29, 1.82) is 0 Å². The molecule has 1 aromatic rings. The number of hydrogen-bond donors (Lipinski definition) is 0. The van der Waals surface area contributed by atoms with Crippen LogP contribution in [0.25, 0.3) is 0 Å². The third kappa shape index (κ3) is 3.33. The number of hydrogen-bond acceptors (Lipinski definition) is 3. The van der Waals surface area contributed by atoms with Gasteiger partial charge in [-0.2, -0.15) is 5.10 Å². The van der Waals surface area contributed by atoms with Crippen LogP contribution in [-0.4, -0.2) is 57.0 Å². The number of nitrogens with zero attached hydrogens (tertiary/aromatic N) is 4. The van der Waals surface area contributed by atoms with Crippen LogP contribution in [0.4, 0.5) is 8.78 Å². The van der Waals surface area contributed by atoms with Crippen molar-refractivity contribution < 1.29 is 18.4 Å². The minimum Gasteiger partial charge on any atom is -0.342 e. The molecule has 2 amide bonds. The van der Waals surface area contributed by atoms with Crippen LogP contribution in [0.1, 0.15) is 50.3 Å². The summed E-state index contributed by atoms with van der Waals surface area (Å²) >= 11 is 0. The zero-order valence-corrected chi connectivity index (χ0v) is 14.7. The van der Waals surface area contributed by atoms with Gasteiger partial charge in [-0.25, -0.2) is 8.78 Å². The first-order valence-electron chi connectivity index (χ1n) is 9.40. The molecule has 0 radical (unpaired) electrons. The van der Waals surface area contributed by atoms with Gasteiger partial charge in [0.15, 0.2) is 0 Å². The van der Waals surface area contributed by atoms with Crippen molar-refractivity contribution >= 4 is 11.8 Å². The van der Waals surface area contributed by atoms with Crippen LogP contribution in [-0.2, 0) is 16.1 Å². The molecule has 0 N–H and O–H groups in total. The summed E-state index contributed by atoms with van der Waals surface area (Å²) < 4.78 is 28.4. The fourth-order valence-corrected chi connectivity index (χ4v) is 4.03. The van der Waals surface area contributed by atoms with Gasteiger partial charge in [0.2, 0.25) is 11.8 Å². The molecule has 6 nitrogen and oxygen atoms in total. The lowest BCUT2D eigenvalue weighted by atomic mass is 9.84. The number of likely N-dealkylation sites (tertiary alicyclic amines) is 1. The highest BCUT2D eigenvalue weighted by atomic mass is 19.3. The van der Waals surface area contributed by atoms with Crippen molar-refractivity contribution in [3.05, 3.63) is 18.0 Å². The third-order valence-corrected chi connectivity index (χ3v) is 5.91. The van der Waals surface area contributed by atoms with Gasteiger partial charge in [0.1, 0.15) is 0 Å². The van der Waals surface area contributed by atoms with Gasteiger partial charge < -0.3 is 9.80 Å². The zero-order valence-electron chi connectivity index (χ0n) is 14.7. The zero-order chi connectivity index (χ0) is 18.3. The minimum absolute atomic E-state index is 0.0925. The predicted octanol–water partition coefficient (Wildman–Crippen LogP) is 2.21. The van der Waals surface area contributed by atoms with Gasteiger partial charge >= 0.3 is 0 Å². The first-order chi connectivity index (χ1) is 12.4. The molecule has 2 aliphatic heterocycles. The molecule has 1 aliphatic carbocycles. The number of carbonyl (C=O) groups is 2. The quantitative estimate of drug-likeness (QED) is 0.824. The Balaban J connectivity index is 1.43. The first kappa shape index (κ1) is 17.4. The lowest BCUT2D eigenvalue weighted by Gasteiger charge is -2.38. The Morgan fingerprint density at radius 3 is 2.58 bits per heavy atom. The molecule has 0 spiro atoms. The number of alkyl halides is 2. The Bertz CT molecular complexity index is 691. The number of aromatic nitrogens is 2. The SMILES string of the molecule is O=C(CC1CN(C(=O)C2CCC2)Cc2ccnn21)N1CCC(F)(F)CC1. The molecule has 3 heterocycles. The van der Waals surface area contributed by atoms with E-state index in [1.807, 2.05) is 15.6 Å². The van der Waals surface area contributed by atoms with Gasteiger partial charge in [0.25, 0.3) is 5.92 Å². The van der Waals surface area contributed by atoms with Crippen LogP contribution in [0.2, 0.25) is 0 Å². The van der Waals surface area contributed by atoms with E-state index < -0.39 is 5.92 Å². The van der Waals surface area contributed by atoms with Crippen LogP contribution in [0, 0.1) is 5.92 Å². The fourth-order valence-electron chi connectivity index (χ4n) is 4.03. The maximum Gasteiger partial charge on any atom is 0.251 e. The predicted molar refractivity (Wildman–Crippen MR) is 89.4 cm³/mol. The van der Waals surface area contributed by atoms with E-state index >= 15 is 0 Å². The van der Waals surface area contributed by atoms with E-state index in [1.54, 1.807) is 6.20 Å². The molecular formula is C18H24F2N4O2. The molecule has 26 heavy (non-hydrogen) atoms. The van der Waals surface area contributed by atoms with E-state index in [2.05, 4.69) is 5.10 Å². The summed E-state index contributed by atoms with van der Waals surface area (Å²) in [6, 6.07) is 1.65. The molecule has 1 atom stereocenters. The van der Waals surface area contributed by atoms with E-state index in [0.29, 0.717) is 13.1 Å². The number of halogens is 2. The first-order valence-corrected chi connectivity index (χ1v) is 9.40. The molecular weight excluding hydrogens is 342 g/mol. The Labute approximate surface area is 151 Å². The van der Waals surface area contributed by atoms with Crippen molar-refractivity contribution in [1.82, 2.24) is 19.6 Å². The van der Waals surface area contributed by atoms with Gasteiger partial charge in [-0.1, -0.05) is 6.42 Å². The van der Waals surface area contributed by atoms with Crippen LogP contribution in [0.5, 0.6) is 0 Å². The summed E-state index contributed by atoms with van der Waals surface area (Å²) in [6.07, 6.45) is 4.32. The van der Waals surface area contributed by atoms with Crippen molar-refractivity contribution in [2.45, 2.75) is 57.0 Å². The molecule has 1 saturated heterocycles. The van der Waals surface area contributed by atoms with Gasteiger partial charge in [-0.3, -0.25) is 14.3 Å². The molecule has 1 aromatic heterocycles. The summed E-state index contributed by atoms with van der Waals surface area (Å²) in [5, 5.41) is 4.32. The van der Waals surface area contributed by atoms with Gasteiger partial charge in [0, 0.05) is 44.6 Å². The van der Waals surface area contributed by atoms with Crippen LogP contribution >= 0.6 is 0 Å². The van der Waals surface area contributed by atoms with Gasteiger partial charge in [-0.15, -0.1) is 0 Å². The lowest BCUT2D eigenvalue weighted by molar-refractivity contribution is -0.143. The normalized spacial score (nSPS) is 25.5. The summed E-state index contributed by atoms with van der Waals surface area (Å²) in [4.78, 5) is 28.6. The molecule has 1 saturated carbocycles. The lowest BCUT2D eigenvalue weighted by Crippen LogP contribution is -2.47.